The number of nitrogens with zero attached hydrogens (tertiary/aromatic N) is 4. The topological polar surface area (TPSA) is 52.9 Å². The number of aromatic nitrogens is 2. The van der Waals surface area contributed by atoms with Gasteiger partial charge in [-0.3, -0.25) is 9.30 Å². The van der Waals surface area contributed by atoms with Crippen molar-refractivity contribution in [2.24, 2.45) is 0 Å². The van der Waals surface area contributed by atoms with Gasteiger partial charge in [0, 0.05) is 55.9 Å². The average Bonchev–Trinajstić information content (AvgIpc) is 3.25. The van der Waals surface area contributed by atoms with Crippen molar-refractivity contribution < 1.29 is 4.79 Å². The third-order valence-electron chi connectivity index (χ3n) is 5.13. The molecule has 1 N–H and O–H groups in total. The molecule has 2 amide bonds. The Bertz CT molecular complexity index is 951. The molecule has 148 valence electrons. The zero-order valence-electron chi connectivity index (χ0n) is 16.7. The number of hydrogen-bond donors (Lipinski definition) is 1. The molecule has 4 rings (SSSR count). The Labute approximate surface area is 169 Å². The molecule has 1 aliphatic heterocycles. The van der Waals surface area contributed by atoms with E-state index in [1.54, 1.807) is 11.3 Å². The summed E-state index contributed by atoms with van der Waals surface area (Å²) in [5.41, 5.74) is 4.69. The van der Waals surface area contributed by atoms with Crippen LogP contribution in [-0.2, 0) is 6.54 Å². The zero-order chi connectivity index (χ0) is 19.7. The predicted molar refractivity (Wildman–Crippen MR) is 114 cm³/mol. The molecule has 7 heteroatoms. The largest absolute Gasteiger partial charge is 0.336 e. The van der Waals surface area contributed by atoms with Crippen LogP contribution in [0.15, 0.2) is 35.8 Å². The molecule has 3 aromatic rings. The molecule has 1 aliphatic rings. The third-order valence-corrected chi connectivity index (χ3v) is 5.89. The lowest BCUT2D eigenvalue weighted by Crippen LogP contribution is -2.52. The number of nitrogens with one attached hydrogen (secondary N) is 1. The minimum atomic E-state index is 0.0413. The first-order chi connectivity index (χ1) is 13.5. The van der Waals surface area contributed by atoms with Gasteiger partial charge in [-0.2, -0.15) is 0 Å². The predicted octanol–water partition coefficient (Wildman–Crippen LogP) is 3.61. The summed E-state index contributed by atoms with van der Waals surface area (Å²) in [6, 6.07) is 8.79. The number of imidazole rings is 1. The summed E-state index contributed by atoms with van der Waals surface area (Å²) >= 11 is 1.66. The standard InChI is InChI=1S/C21H27N5OS/c1-15(2)22-20(27)25-10-8-24(9-11-25)14-18-19(17-6-4-16(3)5-7-17)23-21-26(18)12-13-28-21/h4-7,12-13,15H,8-11,14H2,1-3H3,(H,22,27). The number of aryl methyl sites for hydroxylation is 1. The van der Waals surface area contributed by atoms with Crippen LogP contribution in [0.2, 0.25) is 0 Å². The summed E-state index contributed by atoms with van der Waals surface area (Å²) in [7, 11) is 0. The van der Waals surface area contributed by atoms with Crippen LogP contribution in [0.5, 0.6) is 0 Å². The number of piperazine rings is 1. The Morgan fingerprint density at radius 3 is 2.57 bits per heavy atom. The number of urea groups is 1. The number of carbonyl (C=O) groups is 1. The SMILES string of the molecule is Cc1ccc(-c2nc3sccn3c2CN2CCN(C(=O)NC(C)C)CC2)cc1. The molecular weight excluding hydrogens is 370 g/mol. The molecule has 28 heavy (non-hydrogen) atoms. The summed E-state index contributed by atoms with van der Waals surface area (Å²) in [5.74, 6) is 0. The van der Waals surface area contributed by atoms with Gasteiger partial charge in [0.25, 0.3) is 0 Å². The molecule has 1 aromatic carbocycles. The fraction of sp³-hybridized carbons (Fsp3) is 0.429. The Balaban J connectivity index is 1.51. The number of carbonyl (C=O) groups excluding carboxylic acids is 1. The van der Waals surface area contributed by atoms with Gasteiger partial charge in [0.1, 0.15) is 0 Å². The van der Waals surface area contributed by atoms with E-state index in [4.69, 9.17) is 4.98 Å². The lowest BCUT2D eigenvalue weighted by Gasteiger charge is -2.35. The Morgan fingerprint density at radius 1 is 1.18 bits per heavy atom. The highest BCUT2D eigenvalue weighted by Gasteiger charge is 2.24. The van der Waals surface area contributed by atoms with E-state index in [0.29, 0.717) is 0 Å². The van der Waals surface area contributed by atoms with Crippen LogP contribution in [0, 0.1) is 6.92 Å². The third kappa shape index (κ3) is 3.91. The van der Waals surface area contributed by atoms with Gasteiger partial charge in [-0.05, 0) is 20.8 Å². The summed E-state index contributed by atoms with van der Waals surface area (Å²) < 4.78 is 2.21. The van der Waals surface area contributed by atoms with Crippen LogP contribution in [0.3, 0.4) is 0 Å². The molecule has 3 heterocycles. The number of benzene rings is 1. The van der Waals surface area contributed by atoms with Gasteiger partial charge in [0.2, 0.25) is 0 Å². The quantitative estimate of drug-likeness (QED) is 0.732. The number of fused-ring (bicyclic) bond motifs is 1. The molecule has 2 aromatic heterocycles. The van der Waals surface area contributed by atoms with E-state index in [1.165, 1.54) is 11.3 Å². The van der Waals surface area contributed by atoms with Crippen molar-refractivity contribution in [2.75, 3.05) is 26.2 Å². The van der Waals surface area contributed by atoms with Crippen molar-refractivity contribution in [1.82, 2.24) is 24.5 Å². The first-order valence-electron chi connectivity index (χ1n) is 9.80. The highest BCUT2D eigenvalue weighted by molar-refractivity contribution is 7.15. The molecule has 0 spiro atoms. The maximum atomic E-state index is 12.2. The zero-order valence-corrected chi connectivity index (χ0v) is 17.5. The molecule has 0 aliphatic carbocycles. The minimum Gasteiger partial charge on any atom is -0.336 e. The fourth-order valence-corrected chi connectivity index (χ4v) is 4.32. The number of rotatable bonds is 4. The molecule has 1 fully saturated rings. The summed E-state index contributed by atoms with van der Waals surface area (Å²) in [6.07, 6.45) is 2.10. The van der Waals surface area contributed by atoms with E-state index in [2.05, 4.69) is 57.4 Å². The van der Waals surface area contributed by atoms with Gasteiger partial charge in [0.15, 0.2) is 4.96 Å². The highest BCUT2D eigenvalue weighted by atomic mass is 32.1. The summed E-state index contributed by atoms with van der Waals surface area (Å²) in [4.78, 5) is 22.5. The molecule has 0 unspecified atom stereocenters. The van der Waals surface area contributed by atoms with Crippen LogP contribution >= 0.6 is 11.3 Å². The maximum Gasteiger partial charge on any atom is 0.317 e. The van der Waals surface area contributed by atoms with E-state index in [9.17, 15) is 4.79 Å². The van der Waals surface area contributed by atoms with Crippen molar-refractivity contribution in [3.63, 3.8) is 0 Å². The first kappa shape index (κ1) is 19.0. The van der Waals surface area contributed by atoms with Crippen molar-refractivity contribution >= 4 is 22.3 Å². The van der Waals surface area contributed by atoms with Gasteiger partial charge in [-0.15, -0.1) is 11.3 Å². The van der Waals surface area contributed by atoms with Crippen LogP contribution < -0.4 is 5.32 Å². The lowest BCUT2D eigenvalue weighted by molar-refractivity contribution is 0.133. The van der Waals surface area contributed by atoms with Crippen LogP contribution in [-0.4, -0.2) is 57.4 Å². The molecule has 0 atom stereocenters. The van der Waals surface area contributed by atoms with Crippen LogP contribution in [0.4, 0.5) is 4.79 Å². The van der Waals surface area contributed by atoms with Gasteiger partial charge < -0.3 is 10.2 Å². The van der Waals surface area contributed by atoms with Crippen molar-refractivity contribution in [3.05, 3.63) is 47.1 Å². The van der Waals surface area contributed by atoms with E-state index in [0.717, 1.165) is 48.9 Å². The number of amides is 2. The minimum absolute atomic E-state index is 0.0413. The summed E-state index contributed by atoms with van der Waals surface area (Å²) in [6.45, 7) is 10.2. The van der Waals surface area contributed by atoms with E-state index >= 15 is 0 Å². The molecule has 6 nitrogen and oxygen atoms in total. The van der Waals surface area contributed by atoms with Crippen LogP contribution in [0.1, 0.15) is 25.1 Å². The molecule has 0 bridgehead atoms. The molecule has 0 radical (unpaired) electrons. The Hall–Kier alpha value is -2.38. The fourth-order valence-electron chi connectivity index (χ4n) is 3.59. The maximum absolute atomic E-state index is 12.2. The van der Waals surface area contributed by atoms with Crippen molar-refractivity contribution in [3.8, 4) is 11.3 Å². The second-order valence-electron chi connectivity index (χ2n) is 7.70. The van der Waals surface area contributed by atoms with Gasteiger partial charge in [-0.1, -0.05) is 29.8 Å². The average molecular weight is 398 g/mol. The van der Waals surface area contributed by atoms with E-state index in [-0.39, 0.29) is 12.1 Å². The molecule has 1 saturated heterocycles. The lowest BCUT2D eigenvalue weighted by atomic mass is 10.1. The summed E-state index contributed by atoms with van der Waals surface area (Å²) in [5, 5.41) is 5.07. The van der Waals surface area contributed by atoms with E-state index < -0.39 is 0 Å². The van der Waals surface area contributed by atoms with Crippen LogP contribution in [0.25, 0.3) is 16.2 Å². The van der Waals surface area contributed by atoms with Crippen molar-refractivity contribution in [2.45, 2.75) is 33.4 Å². The molecule has 0 saturated carbocycles. The monoisotopic (exact) mass is 397 g/mol. The smallest absolute Gasteiger partial charge is 0.317 e. The first-order valence-corrected chi connectivity index (χ1v) is 10.7. The van der Waals surface area contributed by atoms with E-state index in [1.807, 2.05) is 18.7 Å². The van der Waals surface area contributed by atoms with Gasteiger partial charge in [0.05, 0.1) is 11.4 Å². The molecular formula is C21H27N5OS. The Kier molecular flexibility index (Phi) is 5.37. The van der Waals surface area contributed by atoms with Gasteiger partial charge >= 0.3 is 6.03 Å². The Morgan fingerprint density at radius 2 is 1.89 bits per heavy atom. The second-order valence-corrected chi connectivity index (χ2v) is 8.57. The van der Waals surface area contributed by atoms with Gasteiger partial charge in [-0.25, -0.2) is 9.78 Å². The van der Waals surface area contributed by atoms with Crippen molar-refractivity contribution in [1.29, 1.82) is 0 Å². The number of thiazole rings is 1. The highest BCUT2D eigenvalue weighted by Crippen LogP contribution is 2.28. The second kappa shape index (κ2) is 7.93. The normalized spacial score (nSPS) is 15.5. The number of hydrogen-bond acceptors (Lipinski definition) is 4.